The number of fused-ring (bicyclic) bond motifs is 1. The summed E-state index contributed by atoms with van der Waals surface area (Å²) in [6, 6.07) is 0. The van der Waals surface area contributed by atoms with Crippen LogP contribution in [0.15, 0.2) is 11.8 Å². The summed E-state index contributed by atoms with van der Waals surface area (Å²) in [5.74, 6) is 0.814. The molecule has 0 aromatic heterocycles. The molecule has 60 valence electrons. The van der Waals surface area contributed by atoms with Crippen molar-refractivity contribution in [2.24, 2.45) is 0 Å². The maximum Gasteiger partial charge on any atom is 0.413 e. The van der Waals surface area contributed by atoms with Crippen LogP contribution in [0.1, 0.15) is 26.2 Å². The molecule has 2 rings (SSSR count). The van der Waals surface area contributed by atoms with E-state index in [1.165, 1.54) is 0 Å². The van der Waals surface area contributed by atoms with E-state index in [1.54, 1.807) is 0 Å². The Hall–Kier alpha value is -0.990. The Bertz CT molecular complexity index is 234. The van der Waals surface area contributed by atoms with Crippen LogP contribution in [0, 0.1) is 0 Å². The quantitative estimate of drug-likeness (QED) is 0.573. The lowest BCUT2D eigenvalue weighted by Gasteiger charge is -2.25. The number of alkyl carbamates (subject to hydrolysis) is 1. The van der Waals surface area contributed by atoms with Gasteiger partial charge in [-0.05, 0) is 32.3 Å². The Balaban J connectivity index is 2.33. The Morgan fingerprint density at radius 3 is 3.27 bits per heavy atom. The van der Waals surface area contributed by atoms with Gasteiger partial charge in [-0.2, -0.15) is 0 Å². The zero-order valence-electron chi connectivity index (χ0n) is 6.52. The summed E-state index contributed by atoms with van der Waals surface area (Å²) in [7, 11) is 0. The number of nitrogens with one attached hydrogen (secondary N) is 1. The highest BCUT2D eigenvalue weighted by molar-refractivity contribution is 5.74. The van der Waals surface area contributed by atoms with E-state index in [9.17, 15) is 4.79 Å². The van der Waals surface area contributed by atoms with Crippen LogP contribution in [-0.4, -0.2) is 11.6 Å². The zero-order valence-corrected chi connectivity index (χ0v) is 6.52. The predicted molar refractivity (Wildman–Crippen MR) is 40.0 cm³/mol. The lowest BCUT2D eigenvalue weighted by molar-refractivity contribution is 0.194. The molecular weight excluding hydrogens is 142 g/mol. The fraction of sp³-hybridized carbons (Fsp3) is 0.625. The third-order valence-corrected chi connectivity index (χ3v) is 2.34. The standard InChI is InChI=1S/C8H11NO2/c1-8-5-3-2-4-6(8)11-7(10)9-8/h4H,2-3,5H2,1H3,(H,9,10). The van der Waals surface area contributed by atoms with Crippen molar-refractivity contribution >= 4 is 6.09 Å². The van der Waals surface area contributed by atoms with E-state index < -0.39 is 0 Å². The van der Waals surface area contributed by atoms with Crippen LogP contribution in [0.25, 0.3) is 0 Å². The van der Waals surface area contributed by atoms with Crippen molar-refractivity contribution in [3.63, 3.8) is 0 Å². The molecule has 3 nitrogen and oxygen atoms in total. The van der Waals surface area contributed by atoms with Gasteiger partial charge in [0.05, 0.1) is 5.54 Å². The largest absolute Gasteiger partial charge is 0.413 e. The van der Waals surface area contributed by atoms with Crippen LogP contribution < -0.4 is 5.32 Å². The molecule has 1 heterocycles. The summed E-state index contributed by atoms with van der Waals surface area (Å²) in [5, 5.41) is 2.80. The lowest BCUT2D eigenvalue weighted by Crippen LogP contribution is -2.40. The number of amides is 1. The molecule has 1 fully saturated rings. The number of carbonyl (C=O) groups is 1. The third-order valence-electron chi connectivity index (χ3n) is 2.34. The molecule has 1 aliphatic carbocycles. The fourth-order valence-corrected chi connectivity index (χ4v) is 1.67. The minimum absolute atomic E-state index is 0.199. The highest BCUT2D eigenvalue weighted by Crippen LogP contribution is 2.33. The van der Waals surface area contributed by atoms with Gasteiger partial charge in [-0.15, -0.1) is 0 Å². The molecule has 0 saturated carbocycles. The van der Waals surface area contributed by atoms with Crippen LogP contribution in [0.4, 0.5) is 4.79 Å². The number of ether oxygens (including phenoxy) is 1. The van der Waals surface area contributed by atoms with Gasteiger partial charge in [0.15, 0.2) is 0 Å². The van der Waals surface area contributed by atoms with Gasteiger partial charge in [-0.25, -0.2) is 4.79 Å². The molecule has 2 aliphatic rings. The highest BCUT2D eigenvalue weighted by Gasteiger charge is 2.41. The summed E-state index contributed by atoms with van der Waals surface area (Å²) in [4.78, 5) is 10.8. The van der Waals surface area contributed by atoms with E-state index in [0.29, 0.717) is 0 Å². The number of allylic oxidation sites excluding steroid dienone is 1. The average molecular weight is 153 g/mol. The molecular formula is C8H11NO2. The van der Waals surface area contributed by atoms with E-state index in [0.717, 1.165) is 25.0 Å². The van der Waals surface area contributed by atoms with E-state index in [4.69, 9.17) is 4.74 Å². The van der Waals surface area contributed by atoms with Gasteiger partial charge in [0, 0.05) is 0 Å². The molecule has 1 saturated heterocycles. The lowest BCUT2D eigenvalue weighted by atomic mass is 9.88. The Morgan fingerprint density at radius 1 is 1.73 bits per heavy atom. The molecule has 0 bridgehead atoms. The molecule has 1 aliphatic heterocycles. The molecule has 1 unspecified atom stereocenters. The number of rotatable bonds is 0. The van der Waals surface area contributed by atoms with Crippen molar-refractivity contribution in [3.05, 3.63) is 11.8 Å². The maximum absolute atomic E-state index is 10.8. The van der Waals surface area contributed by atoms with Crippen molar-refractivity contribution in [3.8, 4) is 0 Å². The summed E-state index contributed by atoms with van der Waals surface area (Å²) >= 11 is 0. The topological polar surface area (TPSA) is 38.3 Å². The van der Waals surface area contributed by atoms with Crippen LogP contribution in [0.3, 0.4) is 0 Å². The molecule has 1 atom stereocenters. The van der Waals surface area contributed by atoms with Crippen molar-refractivity contribution in [2.45, 2.75) is 31.7 Å². The summed E-state index contributed by atoms with van der Waals surface area (Å²) < 4.78 is 4.98. The molecule has 1 N–H and O–H groups in total. The van der Waals surface area contributed by atoms with Crippen molar-refractivity contribution in [1.82, 2.24) is 5.32 Å². The monoisotopic (exact) mass is 153 g/mol. The molecule has 1 amide bonds. The molecule has 0 aromatic rings. The Morgan fingerprint density at radius 2 is 2.55 bits per heavy atom. The van der Waals surface area contributed by atoms with Crippen molar-refractivity contribution in [2.75, 3.05) is 0 Å². The predicted octanol–water partition coefficient (Wildman–Crippen LogP) is 1.55. The SMILES string of the molecule is CC12CCCC=C1OC(=O)N2. The Kier molecular flexibility index (Phi) is 1.22. The molecule has 0 radical (unpaired) electrons. The van der Waals surface area contributed by atoms with Crippen LogP contribution in [-0.2, 0) is 4.74 Å². The van der Waals surface area contributed by atoms with Crippen LogP contribution in [0.5, 0.6) is 0 Å². The van der Waals surface area contributed by atoms with Crippen molar-refractivity contribution in [1.29, 1.82) is 0 Å². The minimum atomic E-state index is -0.305. The van der Waals surface area contributed by atoms with E-state index >= 15 is 0 Å². The average Bonchev–Trinajstić information content (AvgIpc) is 2.22. The smallest absolute Gasteiger partial charge is 0.413 e. The second kappa shape index (κ2) is 2.00. The second-order valence-electron chi connectivity index (χ2n) is 3.31. The normalized spacial score (nSPS) is 35.4. The van der Waals surface area contributed by atoms with Crippen LogP contribution in [0.2, 0.25) is 0 Å². The third kappa shape index (κ3) is 0.914. The summed E-state index contributed by atoms with van der Waals surface area (Å²) in [6.45, 7) is 2.00. The number of hydrogen-bond acceptors (Lipinski definition) is 2. The van der Waals surface area contributed by atoms with E-state index in [1.807, 2.05) is 13.0 Å². The van der Waals surface area contributed by atoms with E-state index in [-0.39, 0.29) is 11.6 Å². The summed E-state index contributed by atoms with van der Waals surface area (Å²) in [5.41, 5.74) is -0.199. The maximum atomic E-state index is 10.8. The first-order valence-corrected chi connectivity index (χ1v) is 3.91. The van der Waals surface area contributed by atoms with Crippen molar-refractivity contribution < 1.29 is 9.53 Å². The second-order valence-corrected chi connectivity index (χ2v) is 3.31. The molecule has 0 aromatic carbocycles. The van der Waals surface area contributed by atoms with Gasteiger partial charge >= 0.3 is 6.09 Å². The first kappa shape index (κ1) is 6.70. The highest BCUT2D eigenvalue weighted by atomic mass is 16.6. The first-order valence-electron chi connectivity index (χ1n) is 3.91. The van der Waals surface area contributed by atoms with Gasteiger partial charge in [-0.3, -0.25) is 0 Å². The van der Waals surface area contributed by atoms with Gasteiger partial charge in [-0.1, -0.05) is 0 Å². The van der Waals surface area contributed by atoms with Gasteiger partial charge < -0.3 is 10.1 Å². The minimum Gasteiger partial charge on any atom is -0.413 e. The summed E-state index contributed by atoms with van der Waals surface area (Å²) in [6.07, 6.45) is 4.84. The number of hydrogen-bond donors (Lipinski definition) is 1. The molecule has 3 heteroatoms. The van der Waals surface area contributed by atoms with Gasteiger partial charge in [0.25, 0.3) is 0 Å². The van der Waals surface area contributed by atoms with Gasteiger partial charge in [0.1, 0.15) is 5.76 Å². The van der Waals surface area contributed by atoms with E-state index in [2.05, 4.69) is 5.32 Å². The van der Waals surface area contributed by atoms with Gasteiger partial charge in [0.2, 0.25) is 0 Å². The zero-order chi connectivity index (χ0) is 7.90. The molecule has 0 spiro atoms. The number of carbonyl (C=O) groups excluding carboxylic acids is 1. The fourth-order valence-electron chi connectivity index (χ4n) is 1.67. The Labute approximate surface area is 65.4 Å². The molecule has 11 heavy (non-hydrogen) atoms. The first-order chi connectivity index (χ1) is 5.21. The van der Waals surface area contributed by atoms with Crippen LogP contribution >= 0.6 is 0 Å².